The summed E-state index contributed by atoms with van der Waals surface area (Å²) in [6.45, 7) is 11.0. The van der Waals surface area contributed by atoms with Crippen LogP contribution in [0.4, 0.5) is 0 Å². The van der Waals surface area contributed by atoms with Crippen LogP contribution in [-0.2, 0) is 30.8 Å². The number of thiazole rings is 1. The smallest absolute Gasteiger partial charge is 0.191 e. The highest BCUT2D eigenvalue weighted by molar-refractivity contribution is 7.09. The van der Waals surface area contributed by atoms with E-state index in [9.17, 15) is 0 Å². The molecule has 0 radical (unpaired) electrons. The molecular weight excluding hydrogens is 370 g/mol. The van der Waals surface area contributed by atoms with E-state index in [0.29, 0.717) is 13.1 Å². The van der Waals surface area contributed by atoms with Gasteiger partial charge in [-0.15, -0.1) is 11.3 Å². The van der Waals surface area contributed by atoms with Crippen molar-refractivity contribution in [3.05, 3.63) is 51.5 Å². The summed E-state index contributed by atoms with van der Waals surface area (Å²) in [5.74, 6) is 0.828. The van der Waals surface area contributed by atoms with Crippen molar-refractivity contribution in [1.29, 1.82) is 0 Å². The second-order valence-corrected chi connectivity index (χ2v) is 7.73. The summed E-state index contributed by atoms with van der Waals surface area (Å²) < 4.78 is 5.46. The average Bonchev–Trinajstić information content (AvgIpc) is 3.20. The molecule has 2 N–H and O–H groups in total. The minimum atomic E-state index is 0.660. The molecule has 0 atom stereocenters. The predicted molar refractivity (Wildman–Crippen MR) is 116 cm³/mol. The van der Waals surface area contributed by atoms with E-state index in [1.54, 1.807) is 11.3 Å². The second-order valence-electron chi connectivity index (χ2n) is 6.79. The van der Waals surface area contributed by atoms with E-state index in [4.69, 9.17) is 9.73 Å². The van der Waals surface area contributed by atoms with Gasteiger partial charge in [-0.3, -0.25) is 4.90 Å². The summed E-state index contributed by atoms with van der Waals surface area (Å²) >= 11 is 1.72. The fourth-order valence-corrected chi connectivity index (χ4v) is 3.88. The van der Waals surface area contributed by atoms with E-state index >= 15 is 0 Å². The van der Waals surface area contributed by atoms with E-state index in [1.165, 1.54) is 16.1 Å². The number of hydrogen-bond donors (Lipinski definition) is 2. The van der Waals surface area contributed by atoms with Crippen molar-refractivity contribution in [1.82, 2.24) is 20.5 Å². The topological polar surface area (TPSA) is 61.8 Å². The van der Waals surface area contributed by atoms with Gasteiger partial charge >= 0.3 is 0 Å². The molecule has 3 rings (SSSR count). The molecule has 0 unspecified atom stereocenters. The fraction of sp³-hybridized carbons (Fsp3) is 0.524. The molecule has 1 aliphatic rings. The molecule has 1 aromatic heterocycles. The molecule has 2 aromatic rings. The molecule has 0 saturated carbocycles. The Morgan fingerprint density at radius 3 is 2.68 bits per heavy atom. The number of nitrogens with zero attached hydrogens (tertiary/aromatic N) is 3. The van der Waals surface area contributed by atoms with Crippen LogP contribution in [0.5, 0.6) is 0 Å². The zero-order valence-electron chi connectivity index (χ0n) is 16.9. The predicted octanol–water partition coefficient (Wildman–Crippen LogP) is 2.79. The zero-order chi connectivity index (χ0) is 19.6. The normalized spacial score (nSPS) is 15.6. The van der Waals surface area contributed by atoms with Crippen molar-refractivity contribution in [2.45, 2.75) is 39.9 Å². The van der Waals surface area contributed by atoms with Gasteiger partial charge in [-0.2, -0.15) is 0 Å². The quantitative estimate of drug-likeness (QED) is 0.526. The van der Waals surface area contributed by atoms with Crippen LogP contribution in [0.25, 0.3) is 0 Å². The summed E-state index contributed by atoms with van der Waals surface area (Å²) in [6.07, 6.45) is 0.985. The lowest BCUT2D eigenvalue weighted by Gasteiger charge is -2.27. The number of benzene rings is 1. The molecule has 152 valence electrons. The van der Waals surface area contributed by atoms with Crippen LogP contribution >= 0.6 is 11.3 Å². The van der Waals surface area contributed by atoms with Crippen LogP contribution in [0, 0.1) is 0 Å². The third kappa shape index (κ3) is 6.29. The van der Waals surface area contributed by atoms with Crippen LogP contribution in [0.3, 0.4) is 0 Å². The lowest BCUT2D eigenvalue weighted by molar-refractivity contribution is 0.0341. The Hall–Kier alpha value is -1.96. The highest BCUT2D eigenvalue weighted by Gasteiger charge is 2.12. The maximum absolute atomic E-state index is 5.46. The van der Waals surface area contributed by atoms with Gasteiger partial charge in [0.05, 0.1) is 37.0 Å². The van der Waals surface area contributed by atoms with Crippen LogP contribution in [0.1, 0.15) is 35.7 Å². The number of ether oxygens (including phenoxy) is 1. The summed E-state index contributed by atoms with van der Waals surface area (Å²) in [4.78, 5) is 11.9. The maximum Gasteiger partial charge on any atom is 0.191 e. The van der Waals surface area contributed by atoms with E-state index < -0.39 is 0 Å². The van der Waals surface area contributed by atoms with E-state index in [0.717, 1.165) is 57.5 Å². The van der Waals surface area contributed by atoms with Gasteiger partial charge in [0.25, 0.3) is 0 Å². The van der Waals surface area contributed by atoms with Crippen LogP contribution in [0.2, 0.25) is 0 Å². The van der Waals surface area contributed by atoms with Crippen molar-refractivity contribution in [2.75, 3.05) is 32.8 Å². The summed E-state index contributed by atoms with van der Waals surface area (Å²) in [7, 11) is 0. The van der Waals surface area contributed by atoms with Crippen molar-refractivity contribution < 1.29 is 4.74 Å². The van der Waals surface area contributed by atoms with Gasteiger partial charge in [-0.1, -0.05) is 31.2 Å². The van der Waals surface area contributed by atoms with Gasteiger partial charge in [-0.05, 0) is 24.5 Å². The number of guanidine groups is 1. The highest BCUT2D eigenvalue weighted by atomic mass is 32.1. The third-order valence-electron chi connectivity index (χ3n) is 4.71. The first-order chi connectivity index (χ1) is 13.8. The van der Waals surface area contributed by atoms with E-state index in [-0.39, 0.29) is 0 Å². The lowest BCUT2D eigenvalue weighted by atomic mass is 10.1. The Morgan fingerprint density at radius 1 is 1.18 bits per heavy atom. The number of aliphatic imine (C=N–C) groups is 1. The molecule has 1 saturated heterocycles. The number of morpholine rings is 1. The molecule has 6 nitrogen and oxygen atoms in total. The Labute approximate surface area is 172 Å². The van der Waals surface area contributed by atoms with Crippen molar-refractivity contribution >= 4 is 17.3 Å². The molecule has 1 aromatic carbocycles. The molecular formula is C21H31N5OS. The number of hydrogen-bond acceptors (Lipinski definition) is 5. The van der Waals surface area contributed by atoms with E-state index in [1.807, 2.05) is 0 Å². The lowest BCUT2D eigenvalue weighted by Crippen LogP contribution is -2.37. The molecule has 0 spiro atoms. The zero-order valence-corrected chi connectivity index (χ0v) is 17.7. The van der Waals surface area contributed by atoms with E-state index in [2.05, 4.69) is 64.0 Å². The van der Waals surface area contributed by atoms with Gasteiger partial charge in [0.2, 0.25) is 0 Å². The summed E-state index contributed by atoms with van der Waals surface area (Å²) in [5.41, 5.74) is 3.68. The van der Waals surface area contributed by atoms with Crippen molar-refractivity contribution in [3.63, 3.8) is 0 Å². The Morgan fingerprint density at radius 2 is 1.96 bits per heavy atom. The van der Waals surface area contributed by atoms with Gasteiger partial charge in [0.15, 0.2) is 5.96 Å². The molecule has 1 fully saturated rings. The number of rotatable bonds is 8. The Kier molecular flexibility index (Phi) is 8.26. The first-order valence-electron chi connectivity index (χ1n) is 10.1. The average molecular weight is 402 g/mol. The van der Waals surface area contributed by atoms with Gasteiger partial charge in [-0.25, -0.2) is 9.98 Å². The first kappa shape index (κ1) is 20.8. The number of nitrogens with one attached hydrogen (secondary N) is 2. The highest BCUT2D eigenvalue weighted by Crippen LogP contribution is 2.14. The first-order valence-corrected chi connectivity index (χ1v) is 11.0. The fourth-order valence-electron chi connectivity index (χ4n) is 3.14. The van der Waals surface area contributed by atoms with Crippen LogP contribution in [-0.4, -0.2) is 48.7 Å². The molecule has 28 heavy (non-hydrogen) atoms. The number of aryl methyl sites for hydroxylation is 1. The summed E-state index contributed by atoms with van der Waals surface area (Å²) in [5, 5.41) is 10.0. The maximum atomic E-state index is 5.46. The minimum Gasteiger partial charge on any atom is -0.379 e. The third-order valence-corrected chi connectivity index (χ3v) is 5.75. The Balaban J connectivity index is 1.61. The monoisotopic (exact) mass is 401 g/mol. The van der Waals surface area contributed by atoms with Crippen molar-refractivity contribution in [3.8, 4) is 0 Å². The minimum absolute atomic E-state index is 0.660. The second kappa shape index (κ2) is 11.1. The molecule has 0 bridgehead atoms. The Bertz CT molecular complexity index is 755. The molecule has 0 aliphatic carbocycles. The molecule has 0 amide bonds. The van der Waals surface area contributed by atoms with Gasteiger partial charge in [0.1, 0.15) is 0 Å². The molecule has 2 heterocycles. The van der Waals surface area contributed by atoms with Gasteiger partial charge < -0.3 is 15.4 Å². The van der Waals surface area contributed by atoms with Crippen molar-refractivity contribution in [2.24, 2.45) is 4.99 Å². The van der Waals surface area contributed by atoms with Gasteiger partial charge in [0, 0.05) is 31.6 Å². The molecule has 1 aliphatic heterocycles. The summed E-state index contributed by atoms with van der Waals surface area (Å²) in [6, 6.07) is 8.59. The standard InChI is InChI=1S/C21H31N5OS/c1-3-20-25-19(16-28-20)14-24-21(22-4-2)23-13-17-7-5-6-8-18(17)15-26-9-11-27-12-10-26/h5-8,16H,3-4,9-15H2,1-2H3,(H2,22,23,24). The van der Waals surface area contributed by atoms with Crippen LogP contribution in [0.15, 0.2) is 34.6 Å². The van der Waals surface area contributed by atoms with Crippen LogP contribution < -0.4 is 10.6 Å². The number of aromatic nitrogens is 1. The SMILES string of the molecule is CCNC(=NCc1ccccc1CN1CCOCC1)NCc1csc(CC)n1. The largest absolute Gasteiger partial charge is 0.379 e. The molecule has 7 heteroatoms.